The lowest BCUT2D eigenvalue weighted by atomic mass is 10.2. The first kappa shape index (κ1) is 13.0. The average Bonchev–Trinajstić information content (AvgIpc) is 2.30. The van der Waals surface area contributed by atoms with E-state index in [-0.39, 0.29) is 0 Å². The van der Waals surface area contributed by atoms with Crippen molar-refractivity contribution >= 4 is 22.2 Å². The summed E-state index contributed by atoms with van der Waals surface area (Å²) in [6.45, 7) is 2.76. The molecule has 0 fully saturated rings. The van der Waals surface area contributed by atoms with Gasteiger partial charge in [0.1, 0.15) is 0 Å². The molecule has 0 aromatic heterocycles. The fourth-order valence-electron chi connectivity index (χ4n) is 1.24. The van der Waals surface area contributed by atoms with E-state index in [4.69, 9.17) is 9.47 Å². The lowest BCUT2D eigenvalue weighted by Gasteiger charge is -2.11. The van der Waals surface area contributed by atoms with E-state index in [1.54, 1.807) is 19.2 Å². The maximum absolute atomic E-state index is 10.7. The first-order chi connectivity index (χ1) is 7.72. The number of halogens is 1. The smallest absolute Gasteiger partial charge is 0.162 e. The maximum Gasteiger partial charge on any atom is 0.162 e. The highest BCUT2D eigenvalue weighted by molar-refractivity contribution is 9.10. The van der Waals surface area contributed by atoms with Crippen LogP contribution in [-0.2, 0) is 0 Å². The summed E-state index contributed by atoms with van der Waals surface area (Å²) in [5.41, 5.74) is 0.555. The van der Waals surface area contributed by atoms with Crippen LogP contribution in [0.4, 0.5) is 0 Å². The van der Waals surface area contributed by atoms with E-state index in [9.17, 15) is 4.79 Å². The van der Waals surface area contributed by atoms with Crippen molar-refractivity contribution in [3.8, 4) is 11.5 Å². The highest BCUT2D eigenvalue weighted by Crippen LogP contribution is 2.32. The number of hydrogen-bond donors (Lipinski definition) is 0. The van der Waals surface area contributed by atoms with Gasteiger partial charge in [-0.25, -0.2) is 0 Å². The normalized spacial score (nSPS) is 9.94. The average molecular weight is 287 g/mol. The topological polar surface area (TPSA) is 35.5 Å². The summed E-state index contributed by atoms with van der Waals surface area (Å²) in [7, 11) is 1.56. The predicted octanol–water partition coefficient (Wildman–Crippen LogP) is 3.45. The van der Waals surface area contributed by atoms with Gasteiger partial charge in [-0.2, -0.15) is 0 Å². The van der Waals surface area contributed by atoms with Crippen molar-refractivity contribution < 1.29 is 14.3 Å². The van der Waals surface area contributed by atoms with Crippen molar-refractivity contribution in [2.24, 2.45) is 0 Å². The SMILES string of the molecule is CCCCOc1cc(Br)c(C=O)cc1OC. The van der Waals surface area contributed by atoms with Crippen LogP contribution in [0.25, 0.3) is 0 Å². The zero-order chi connectivity index (χ0) is 12.0. The molecular weight excluding hydrogens is 272 g/mol. The first-order valence-corrected chi connectivity index (χ1v) is 5.97. The molecule has 0 aliphatic heterocycles. The van der Waals surface area contributed by atoms with E-state index in [2.05, 4.69) is 22.9 Å². The lowest BCUT2D eigenvalue weighted by Crippen LogP contribution is -2.00. The van der Waals surface area contributed by atoms with Crippen molar-refractivity contribution in [2.75, 3.05) is 13.7 Å². The van der Waals surface area contributed by atoms with E-state index < -0.39 is 0 Å². The van der Waals surface area contributed by atoms with Crippen molar-refractivity contribution in [2.45, 2.75) is 19.8 Å². The van der Waals surface area contributed by atoms with Gasteiger partial charge in [0.15, 0.2) is 17.8 Å². The third-order valence-electron chi connectivity index (χ3n) is 2.17. The molecular formula is C12H15BrO3. The molecule has 16 heavy (non-hydrogen) atoms. The largest absolute Gasteiger partial charge is 0.493 e. The molecule has 3 nitrogen and oxygen atoms in total. The van der Waals surface area contributed by atoms with Crippen LogP contribution in [0.15, 0.2) is 16.6 Å². The highest BCUT2D eigenvalue weighted by atomic mass is 79.9. The molecule has 1 aromatic carbocycles. The molecule has 0 bridgehead atoms. The highest BCUT2D eigenvalue weighted by Gasteiger charge is 2.09. The molecule has 0 spiro atoms. The quantitative estimate of drug-likeness (QED) is 0.594. The summed E-state index contributed by atoms with van der Waals surface area (Å²) in [4.78, 5) is 10.7. The van der Waals surface area contributed by atoms with Crippen LogP contribution in [0.5, 0.6) is 11.5 Å². The molecule has 0 aliphatic rings. The molecule has 0 unspecified atom stereocenters. The van der Waals surface area contributed by atoms with Crippen molar-refractivity contribution in [1.82, 2.24) is 0 Å². The van der Waals surface area contributed by atoms with E-state index >= 15 is 0 Å². The Kier molecular flexibility index (Phi) is 5.32. The molecule has 0 N–H and O–H groups in total. The Morgan fingerprint density at radius 3 is 2.69 bits per heavy atom. The van der Waals surface area contributed by atoms with Gasteiger partial charge in [-0.05, 0) is 34.5 Å². The summed E-state index contributed by atoms with van der Waals surface area (Å²) in [6, 6.07) is 3.43. The number of carbonyl (C=O) groups excluding carboxylic acids is 1. The molecule has 88 valence electrons. The van der Waals surface area contributed by atoms with E-state index in [1.165, 1.54) is 0 Å². The third kappa shape index (κ3) is 3.23. The van der Waals surface area contributed by atoms with Crippen LogP contribution in [-0.4, -0.2) is 20.0 Å². The standard InChI is InChI=1S/C12H15BrO3/c1-3-4-5-16-12-7-10(13)9(8-14)6-11(12)15-2/h6-8H,3-5H2,1-2H3. The van der Waals surface area contributed by atoms with Gasteiger partial charge in [-0.15, -0.1) is 0 Å². The van der Waals surface area contributed by atoms with Crippen molar-refractivity contribution in [3.05, 3.63) is 22.2 Å². The summed E-state index contributed by atoms with van der Waals surface area (Å²) in [5.74, 6) is 1.25. The summed E-state index contributed by atoms with van der Waals surface area (Å²) in [6.07, 6.45) is 2.86. The number of benzene rings is 1. The Labute approximate surface area is 104 Å². The molecule has 0 atom stereocenters. The van der Waals surface area contributed by atoms with Gasteiger partial charge in [0.25, 0.3) is 0 Å². The van der Waals surface area contributed by atoms with Crippen LogP contribution >= 0.6 is 15.9 Å². The zero-order valence-corrected chi connectivity index (χ0v) is 11.0. The Morgan fingerprint density at radius 2 is 2.12 bits per heavy atom. The second-order valence-electron chi connectivity index (χ2n) is 3.34. The molecule has 1 aromatic rings. The monoisotopic (exact) mass is 286 g/mol. The van der Waals surface area contributed by atoms with Crippen molar-refractivity contribution in [1.29, 1.82) is 0 Å². The number of aldehydes is 1. The molecule has 4 heteroatoms. The van der Waals surface area contributed by atoms with Crippen LogP contribution in [0.2, 0.25) is 0 Å². The molecule has 0 saturated carbocycles. The van der Waals surface area contributed by atoms with Crippen LogP contribution in [0.1, 0.15) is 30.1 Å². The van der Waals surface area contributed by atoms with Gasteiger partial charge in [-0.3, -0.25) is 4.79 Å². The second-order valence-corrected chi connectivity index (χ2v) is 4.20. The van der Waals surface area contributed by atoms with Crippen LogP contribution in [0, 0.1) is 0 Å². The van der Waals surface area contributed by atoms with Crippen LogP contribution < -0.4 is 9.47 Å². The van der Waals surface area contributed by atoms with E-state index in [0.717, 1.165) is 23.6 Å². The Morgan fingerprint density at radius 1 is 1.38 bits per heavy atom. The minimum atomic E-state index is 0.555. The Bertz CT molecular complexity index is 364. The fourth-order valence-corrected chi connectivity index (χ4v) is 1.66. The lowest BCUT2D eigenvalue weighted by molar-refractivity contribution is 0.112. The molecule has 1 rings (SSSR count). The minimum Gasteiger partial charge on any atom is -0.493 e. The maximum atomic E-state index is 10.7. The fraction of sp³-hybridized carbons (Fsp3) is 0.417. The number of methoxy groups -OCH3 is 1. The molecule has 0 saturated heterocycles. The number of carbonyl (C=O) groups is 1. The molecule has 0 amide bonds. The van der Waals surface area contributed by atoms with Gasteiger partial charge < -0.3 is 9.47 Å². The summed E-state index contributed by atoms with van der Waals surface area (Å²) >= 11 is 3.31. The first-order valence-electron chi connectivity index (χ1n) is 5.18. The molecule has 0 radical (unpaired) electrons. The molecule has 0 heterocycles. The third-order valence-corrected chi connectivity index (χ3v) is 2.85. The molecule has 0 aliphatic carbocycles. The Balaban J connectivity index is 2.89. The second kappa shape index (κ2) is 6.53. The van der Waals surface area contributed by atoms with E-state index in [1.807, 2.05) is 0 Å². The minimum absolute atomic E-state index is 0.555. The van der Waals surface area contributed by atoms with Crippen molar-refractivity contribution in [3.63, 3.8) is 0 Å². The summed E-state index contributed by atoms with van der Waals surface area (Å²) in [5, 5.41) is 0. The number of unbranched alkanes of at least 4 members (excludes halogenated alkanes) is 1. The summed E-state index contributed by atoms with van der Waals surface area (Å²) < 4.78 is 11.5. The van der Waals surface area contributed by atoms with Gasteiger partial charge in [-0.1, -0.05) is 13.3 Å². The number of ether oxygens (including phenoxy) is 2. The van der Waals surface area contributed by atoms with Gasteiger partial charge in [0.2, 0.25) is 0 Å². The predicted molar refractivity (Wildman–Crippen MR) is 66.5 cm³/mol. The Hall–Kier alpha value is -1.03. The van der Waals surface area contributed by atoms with Gasteiger partial charge >= 0.3 is 0 Å². The van der Waals surface area contributed by atoms with Gasteiger partial charge in [0.05, 0.1) is 13.7 Å². The number of hydrogen-bond acceptors (Lipinski definition) is 3. The van der Waals surface area contributed by atoms with Crippen LogP contribution in [0.3, 0.4) is 0 Å². The van der Waals surface area contributed by atoms with Gasteiger partial charge in [0, 0.05) is 10.0 Å². The number of rotatable bonds is 6. The zero-order valence-electron chi connectivity index (χ0n) is 9.46. The van der Waals surface area contributed by atoms with E-state index in [0.29, 0.717) is 23.7 Å².